The number of fused-ring (bicyclic) bond motifs is 2. The zero-order valence-electron chi connectivity index (χ0n) is 12.1. The summed E-state index contributed by atoms with van der Waals surface area (Å²) >= 11 is 0. The number of anilines is 2. The van der Waals surface area contributed by atoms with Crippen molar-refractivity contribution >= 4 is 28.0 Å². The molecule has 1 aromatic heterocycles. The van der Waals surface area contributed by atoms with Crippen molar-refractivity contribution in [2.24, 2.45) is 5.73 Å². The summed E-state index contributed by atoms with van der Waals surface area (Å²) < 4.78 is 1.63. The summed E-state index contributed by atoms with van der Waals surface area (Å²) in [7, 11) is 0. The van der Waals surface area contributed by atoms with Crippen LogP contribution in [-0.2, 0) is 0 Å². The zero-order valence-corrected chi connectivity index (χ0v) is 12.1. The molecular weight excluding hydrogens is 294 g/mol. The Labute approximate surface area is 131 Å². The van der Waals surface area contributed by atoms with E-state index in [1.165, 1.54) is 6.07 Å². The summed E-state index contributed by atoms with van der Waals surface area (Å²) in [6.07, 6.45) is 1.07. The zero-order chi connectivity index (χ0) is 16.1. The monoisotopic (exact) mass is 307 g/mol. The van der Waals surface area contributed by atoms with Crippen LogP contribution in [0, 0.1) is 10.1 Å². The number of para-hydroxylation sites is 1. The maximum Gasteiger partial charge on any atom is 0.293 e. The van der Waals surface area contributed by atoms with E-state index in [0.717, 1.165) is 16.8 Å². The van der Waals surface area contributed by atoms with E-state index >= 15 is 0 Å². The summed E-state index contributed by atoms with van der Waals surface area (Å²) in [6, 6.07) is 10.7. The van der Waals surface area contributed by atoms with E-state index in [-0.39, 0.29) is 5.69 Å². The van der Waals surface area contributed by atoms with Gasteiger partial charge >= 0.3 is 0 Å². The molecule has 3 aromatic rings. The lowest BCUT2D eigenvalue weighted by molar-refractivity contribution is -0.383. The molecule has 23 heavy (non-hydrogen) atoms. The van der Waals surface area contributed by atoms with Crippen LogP contribution in [0.25, 0.3) is 22.2 Å². The van der Waals surface area contributed by atoms with Crippen LogP contribution in [0.2, 0.25) is 0 Å². The second kappa shape index (κ2) is 4.65. The first-order valence-electron chi connectivity index (χ1n) is 7.06. The Morgan fingerprint density at radius 2 is 2.13 bits per heavy atom. The number of rotatable bonds is 3. The molecule has 0 amide bonds. The maximum atomic E-state index is 11.4. The van der Waals surface area contributed by atoms with Crippen LogP contribution in [-0.4, -0.2) is 14.7 Å². The van der Waals surface area contributed by atoms with E-state index < -0.39 is 11.1 Å². The van der Waals surface area contributed by atoms with E-state index in [1.54, 1.807) is 16.8 Å². The van der Waals surface area contributed by atoms with Gasteiger partial charge in [0.05, 0.1) is 15.8 Å². The van der Waals surface area contributed by atoms with Crippen molar-refractivity contribution in [3.63, 3.8) is 0 Å². The van der Waals surface area contributed by atoms with Crippen molar-refractivity contribution in [1.29, 1.82) is 0 Å². The van der Waals surface area contributed by atoms with Crippen LogP contribution in [0.15, 0.2) is 49.1 Å². The van der Waals surface area contributed by atoms with E-state index in [4.69, 9.17) is 5.73 Å². The molecule has 1 atom stereocenters. The molecule has 1 aliphatic rings. The highest BCUT2D eigenvalue weighted by atomic mass is 16.6. The maximum absolute atomic E-state index is 11.4. The molecule has 0 saturated heterocycles. The van der Waals surface area contributed by atoms with Gasteiger partial charge in [0.2, 0.25) is 0 Å². The number of benzene rings is 2. The van der Waals surface area contributed by atoms with Crippen molar-refractivity contribution in [3.8, 4) is 11.3 Å². The molecule has 114 valence electrons. The van der Waals surface area contributed by atoms with Gasteiger partial charge < -0.3 is 11.1 Å². The molecule has 7 heteroatoms. The van der Waals surface area contributed by atoms with Crippen molar-refractivity contribution in [3.05, 3.63) is 59.2 Å². The van der Waals surface area contributed by atoms with Crippen molar-refractivity contribution in [2.75, 3.05) is 5.32 Å². The standard InChI is InChI=1S/C16H13N5O2/c1-2-13(17)20-11-7-8-12(21(22)23)16-14(11)15(19-20)9-5-3-4-6-10(9)18-16/h2-8,13,18H,1,17H2. The van der Waals surface area contributed by atoms with E-state index in [0.29, 0.717) is 16.8 Å². The minimum absolute atomic E-state index is 0.0139. The van der Waals surface area contributed by atoms with Gasteiger partial charge in [-0.2, -0.15) is 5.10 Å². The third-order valence-corrected chi connectivity index (χ3v) is 4.02. The van der Waals surface area contributed by atoms with Gasteiger partial charge in [0.1, 0.15) is 17.5 Å². The number of nitro groups is 1. The lowest BCUT2D eigenvalue weighted by atomic mass is 9.99. The van der Waals surface area contributed by atoms with E-state index in [9.17, 15) is 10.1 Å². The summed E-state index contributed by atoms with van der Waals surface area (Å²) in [4.78, 5) is 11.0. The molecule has 1 aliphatic heterocycles. The Balaban J connectivity index is 2.15. The van der Waals surface area contributed by atoms with Crippen LogP contribution in [0.1, 0.15) is 6.17 Å². The Bertz CT molecular complexity index is 976. The lowest BCUT2D eigenvalue weighted by Crippen LogP contribution is -2.16. The minimum atomic E-state index is -0.509. The molecule has 0 aliphatic carbocycles. The molecule has 0 bridgehead atoms. The molecule has 0 saturated carbocycles. The second-order valence-electron chi connectivity index (χ2n) is 5.30. The van der Waals surface area contributed by atoms with E-state index in [2.05, 4.69) is 17.0 Å². The van der Waals surface area contributed by atoms with Crippen LogP contribution in [0.4, 0.5) is 17.1 Å². The third-order valence-electron chi connectivity index (χ3n) is 4.02. The summed E-state index contributed by atoms with van der Waals surface area (Å²) in [5.41, 5.74) is 9.60. The summed E-state index contributed by atoms with van der Waals surface area (Å²) in [6.45, 7) is 3.70. The first-order valence-corrected chi connectivity index (χ1v) is 7.06. The highest BCUT2D eigenvalue weighted by Gasteiger charge is 2.29. The predicted molar refractivity (Wildman–Crippen MR) is 88.5 cm³/mol. The van der Waals surface area contributed by atoms with Crippen LogP contribution in [0.5, 0.6) is 0 Å². The number of aromatic nitrogens is 2. The van der Waals surface area contributed by atoms with Gasteiger partial charge in [-0.3, -0.25) is 10.1 Å². The lowest BCUT2D eigenvalue weighted by Gasteiger charge is -2.17. The smallest absolute Gasteiger partial charge is 0.293 e. The fourth-order valence-electron chi connectivity index (χ4n) is 2.95. The molecule has 0 fully saturated rings. The number of hydrogen-bond acceptors (Lipinski definition) is 5. The van der Waals surface area contributed by atoms with Crippen molar-refractivity contribution < 1.29 is 4.92 Å². The van der Waals surface area contributed by atoms with Crippen LogP contribution in [0.3, 0.4) is 0 Å². The Kier molecular flexibility index (Phi) is 2.73. The summed E-state index contributed by atoms with van der Waals surface area (Å²) in [5.74, 6) is 0. The van der Waals surface area contributed by atoms with Gasteiger partial charge in [-0.15, -0.1) is 0 Å². The molecule has 0 radical (unpaired) electrons. The first-order chi connectivity index (χ1) is 11.1. The third kappa shape index (κ3) is 1.77. The first kappa shape index (κ1) is 13.5. The number of nitrogens with one attached hydrogen (secondary N) is 1. The molecule has 4 rings (SSSR count). The van der Waals surface area contributed by atoms with Gasteiger partial charge in [0.25, 0.3) is 5.69 Å². The molecule has 2 heterocycles. The molecule has 2 aromatic carbocycles. The normalized spacial score (nSPS) is 13.3. The van der Waals surface area contributed by atoms with Gasteiger partial charge in [0, 0.05) is 17.3 Å². The highest BCUT2D eigenvalue weighted by molar-refractivity contribution is 6.11. The van der Waals surface area contributed by atoms with Crippen molar-refractivity contribution in [1.82, 2.24) is 9.78 Å². The molecule has 7 nitrogen and oxygen atoms in total. The van der Waals surface area contributed by atoms with Crippen molar-refractivity contribution in [2.45, 2.75) is 6.17 Å². The average Bonchev–Trinajstić information content (AvgIpc) is 2.95. The Hall–Kier alpha value is -3.19. The van der Waals surface area contributed by atoms with Gasteiger partial charge in [-0.1, -0.05) is 30.9 Å². The fourth-order valence-corrected chi connectivity index (χ4v) is 2.95. The Morgan fingerprint density at radius 1 is 1.35 bits per heavy atom. The predicted octanol–water partition coefficient (Wildman–Crippen LogP) is 3.31. The number of nitrogens with two attached hydrogens (primary N) is 1. The fraction of sp³-hybridized carbons (Fsp3) is 0.0625. The highest BCUT2D eigenvalue weighted by Crippen LogP contribution is 2.47. The topological polar surface area (TPSA) is 99.0 Å². The second-order valence-corrected chi connectivity index (χ2v) is 5.30. The van der Waals surface area contributed by atoms with Gasteiger partial charge in [-0.05, 0) is 12.1 Å². The summed E-state index contributed by atoms with van der Waals surface area (Å²) in [5, 5.41) is 19.8. The van der Waals surface area contributed by atoms with E-state index in [1.807, 2.05) is 24.3 Å². The molecule has 1 unspecified atom stereocenters. The number of nitro benzene ring substituents is 1. The molecule has 0 spiro atoms. The average molecular weight is 307 g/mol. The quantitative estimate of drug-likeness (QED) is 0.343. The molecular formula is C16H13N5O2. The Morgan fingerprint density at radius 3 is 2.87 bits per heavy atom. The number of nitrogens with zero attached hydrogens (tertiary/aromatic N) is 3. The van der Waals surface area contributed by atoms with Crippen LogP contribution < -0.4 is 11.1 Å². The largest absolute Gasteiger partial charge is 0.349 e. The molecule has 3 N–H and O–H groups in total. The minimum Gasteiger partial charge on any atom is -0.349 e. The van der Waals surface area contributed by atoms with Crippen LogP contribution >= 0.6 is 0 Å². The SMILES string of the molecule is C=CC(N)n1nc2c3c(c([N+](=O)[O-])ccc31)Nc1ccccc1-2. The van der Waals surface area contributed by atoms with Gasteiger partial charge in [0.15, 0.2) is 0 Å². The van der Waals surface area contributed by atoms with Gasteiger partial charge in [-0.25, -0.2) is 4.68 Å². The number of hydrogen-bond donors (Lipinski definition) is 2.